The summed E-state index contributed by atoms with van der Waals surface area (Å²) in [5, 5.41) is 0. The summed E-state index contributed by atoms with van der Waals surface area (Å²) in [6.45, 7) is 5.04. The Hall–Kier alpha value is -0.210. The zero-order chi connectivity index (χ0) is 16.4. The van der Waals surface area contributed by atoms with E-state index < -0.39 is 10.1 Å². The Balaban J connectivity index is 2.22. The van der Waals surface area contributed by atoms with E-state index in [-0.39, 0.29) is 11.5 Å². The van der Waals surface area contributed by atoms with Crippen molar-refractivity contribution in [2.75, 3.05) is 36.2 Å². The average Bonchev–Trinajstić information content (AvgIpc) is 2.47. The Kier molecular flexibility index (Phi) is 9.51. The van der Waals surface area contributed by atoms with Crippen molar-refractivity contribution in [1.29, 1.82) is 0 Å². The van der Waals surface area contributed by atoms with Gasteiger partial charge in [-0.15, -0.1) is 0 Å². The Morgan fingerprint density at radius 1 is 1.14 bits per heavy atom. The first-order valence-corrected chi connectivity index (χ1v) is 11.0. The van der Waals surface area contributed by atoms with Crippen LogP contribution < -0.4 is 5.73 Å². The van der Waals surface area contributed by atoms with Crippen molar-refractivity contribution in [2.24, 2.45) is 11.7 Å². The molecule has 1 rings (SSSR count). The molecule has 0 spiro atoms. The van der Waals surface area contributed by atoms with E-state index in [1.54, 1.807) is 36.0 Å². The first-order valence-electron chi connectivity index (χ1n) is 7.27. The summed E-state index contributed by atoms with van der Waals surface area (Å²) in [7, 11) is -3.63. The molecule has 1 atom stereocenters. The lowest BCUT2D eigenvalue weighted by Crippen LogP contribution is -2.10. The van der Waals surface area contributed by atoms with Gasteiger partial charge in [-0.25, -0.2) is 0 Å². The van der Waals surface area contributed by atoms with Crippen LogP contribution >= 0.6 is 23.5 Å². The van der Waals surface area contributed by atoms with Crippen LogP contribution in [-0.2, 0) is 14.3 Å². The van der Waals surface area contributed by atoms with E-state index in [4.69, 9.17) is 9.92 Å². The van der Waals surface area contributed by atoms with Crippen molar-refractivity contribution in [1.82, 2.24) is 0 Å². The summed E-state index contributed by atoms with van der Waals surface area (Å²) in [6, 6.07) is 6.69. The Bertz CT molecular complexity index is 517. The highest BCUT2D eigenvalue weighted by atomic mass is 32.2. The fourth-order valence-corrected chi connectivity index (χ4v) is 4.58. The minimum Gasteiger partial charge on any atom is -0.330 e. The molecule has 1 aromatic rings. The van der Waals surface area contributed by atoms with E-state index >= 15 is 0 Å². The lowest BCUT2D eigenvalue weighted by atomic mass is 10.2. The topological polar surface area (TPSA) is 69.4 Å². The van der Waals surface area contributed by atoms with Crippen LogP contribution in [0.1, 0.15) is 12.5 Å². The molecule has 0 aliphatic rings. The van der Waals surface area contributed by atoms with Crippen LogP contribution in [-0.4, -0.2) is 44.6 Å². The van der Waals surface area contributed by atoms with E-state index in [1.165, 1.54) is 0 Å². The summed E-state index contributed by atoms with van der Waals surface area (Å²) in [5.74, 6) is 4.36. The molecule has 2 N–H and O–H groups in total. The van der Waals surface area contributed by atoms with Gasteiger partial charge in [-0.3, -0.25) is 4.18 Å². The van der Waals surface area contributed by atoms with E-state index in [1.807, 2.05) is 18.7 Å². The lowest BCUT2D eigenvalue weighted by molar-refractivity contribution is 0.341. The van der Waals surface area contributed by atoms with Gasteiger partial charge in [-0.05, 0) is 36.5 Å². The number of aryl methyl sites for hydroxylation is 1. The maximum absolute atomic E-state index is 12.0. The molecule has 7 heteroatoms. The molecular weight excluding hydrogens is 338 g/mol. The van der Waals surface area contributed by atoms with Gasteiger partial charge >= 0.3 is 0 Å². The van der Waals surface area contributed by atoms with E-state index in [0.29, 0.717) is 11.7 Å². The maximum atomic E-state index is 12.0. The zero-order valence-corrected chi connectivity index (χ0v) is 15.6. The van der Waals surface area contributed by atoms with Gasteiger partial charge in [0.1, 0.15) is 0 Å². The zero-order valence-electron chi connectivity index (χ0n) is 13.2. The number of hydrogen-bond acceptors (Lipinski definition) is 6. The first kappa shape index (κ1) is 19.8. The summed E-state index contributed by atoms with van der Waals surface area (Å²) in [5.41, 5.74) is 6.48. The highest BCUT2D eigenvalue weighted by molar-refractivity contribution is 8.00. The Morgan fingerprint density at radius 3 is 2.32 bits per heavy atom. The van der Waals surface area contributed by atoms with Crippen LogP contribution in [0.5, 0.6) is 0 Å². The molecule has 22 heavy (non-hydrogen) atoms. The fraction of sp³-hybridized carbons (Fsp3) is 0.600. The quantitative estimate of drug-likeness (QED) is 0.481. The molecule has 0 amide bonds. The van der Waals surface area contributed by atoms with Gasteiger partial charge < -0.3 is 5.73 Å². The monoisotopic (exact) mass is 363 g/mol. The SMILES string of the molecule is Cc1ccc(S(=O)(=O)OCCSCC(C)CSCCN)cc1. The standard InChI is InChI=1S/C15H25NO3S3/c1-13-3-5-15(6-4-13)22(17,18)19-8-10-21-12-14(2)11-20-9-7-16/h3-6,14H,7-12,16H2,1-2H3. The largest absolute Gasteiger partial charge is 0.330 e. The van der Waals surface area contributed by atoms with Gasteiger partial charge in [-0.1, -0.05) is 24.6 Å². The van der Waals surface area contributed by atoms with Crippen LogP contribution in [0.15, 0.2) is 29.2 Å². The van der Waals surface area contributed by atoms with Crippen LogP contribution in [0.2, 0.25) is 0 Å². The van der Waals surface area contributed by atoms with E-state index in [0.717, 1.165) is 29.4 Å². The maximum Gasteiger partial charge on any atom is 0.296 e. The summed E-state index contributed by atoms with van der Waals surface area (Å²) >= 11 is 3.59. The minimum absolute atomic E-state index is 0.212. The second kappa shape index (κ2) is 10.5. The van der Waals surface area contributed by atoms with E-state index in [9.17, 15) is 8.42 Å². The Morgan fingerprint density at radius 2 is 1.73 bits per heavy atom. The van der Waals surface area contributed by atoms with Gasteiger partial charge in [0.25, 0.3) is 10.1 Å². The number of nitrogens with two attached hydrogens (primary N) is 1. The van der Waals surface area contributed by atoms with E-state index in [2.05, 4.69) is 6.92 Å². The Labute approximate surface area is 142 Å². The molecule has 0 saturated carbocycles. The van der Waals surface area contributed by atoms with Gasteiger partial charge in [0.15, 0.2) is 0 Å². The molecule has 1 aromatic carbocycles. The van der Waals surface area contributed by atoms with Crippen LogP contribution in [0.3, 0.4) is 0 Å². The van der Waals surface area contributed by atoms with Gasteiger partial charge in [0, 0.05) is 18.1 Å². The minimum atomic E-state index is -3.63. The summed E-state index contributed by atoms with van der Waals surface area (Å²) < 4.78 is 29.0. The number of benzene rings is 1. The van der Waals surface area contributed by atoms with Gasteiger partial charge in [0.2, 0.25) is 0 Å². The molecule has 0 aliphatic heterocycles. The van der Waals surface area contributed by atoms with Gasteiger partial charge in [0.05, 0.1) is 11.5 Å². The average molecular weight is 364 g/mol. The second-order valence-electron chi connectivity index (χ2n) is 5.13. The highest BCUT2D eigenvalue weighted by Gasteiger charge is 2.14. The predicted octanol–water partition coefficient (Wildman–Crippen LogP) is 2.76. The molecule has 0 heterocycles. The second-order valence-corrected chi connectivity index (χ2v) is 9.05. The summed E-state index contributed by atoms with van der Waals surface area (Å²) in [4.78, 5) is 0.217. The molecular formula is C15H25NO3S3. The van der Waals surface area contributed by atoms with Crippen molar-refractivity contribution < 1.29 is 12.6 Å². The third-order valence-electron chi connectivity index (χ3n) is 2.84. The molecule has 0 aromatic heterocycles. The highest BCUT2D eigenvalue weighted by Crippen LogP contribution is 2.16. The van der Waals surface area contributed by atoms with Crippen molar-refractivity contribution in [3.63, 3.8) is 0 Å². The lowest BCUT2D eigenvalue weighted by Gasteiger charge is -2.10. The fourth-order valence-electron chi connectivity index (χ4n) is 1.68. The number of hydrogen-bond donors (Lipinski definition) is 1. The molecule has 1 unspecified atom stereocenters. The molecule has 0 bridgehead atoms. The summed E-state index contributed by atoms with van der Waals surface area (Å²) in [6.07, 6.45) is 0. The van der Waals surface area contributed by atoms with Crippen molar-refractivity contribution in [2.45, 2.75) is 18.7 Å². The molecule has 0 saturated heterocycles. The van der Waals surface area contributed by atoms with Crippen molar-refractivity contribution in [3.8, 4) is 0 Å². The first-order chi connectivity index (χ1) is 10.5. The number of rotatable bonds is 11. The third kappa shape index (κ3) is 7.87. The third-order valence-corrected chi connectivity index (χ3v) is 6.76. The van der Waals surface area contributed by atoms with Crippen molar-refractivity contribution in [3.05, 3.63) is 29.8 Å². The molecule has 0 aliphatic carbocycles. The van der Waals surface area contributed by atoms with Crippen LogP contribution in [0, 0.1) is 12.8 Å². The molecule has 0 fully saturated rings. The van der Waals surface area contributed by atoms with Crippen LogP contribution in [0.25, 0.3) is 0 Å². The smallest absolute Gasteiger partial charge is 0.296 e. The molecule has 4 nitrogen and oxygen atoms in total. The molecule has 126 valence electrons. The van der Waals surface area contributed by atoms with Crippen LogP contribution in [0.4, 0.5) is 0 Å². The number of thioether (sulfide) groups is 2. The normalized spacial score (nSPS) is 13.2. The van der Waals surface area contributed by atoms with Crippen molar-refractivity contribution >= 4 is 33.6 Å². The molecule has 0 radical (unpaired) electrons. The predicted molar refractivity (Wildman–Crippen MR) is 97.2 cm³/mol. The van der Waals surface area contributed by atoms with Gasteiger partial charge in [-0.2, -0.15) is 31.9 Å².